The highest BCUT2D eigenvalue weighted by Crippen LogP contribution is 2.42. The van der Waals surface area contributed by atoms with Gasteiger partial charge >= 0.3 is 0 Å². The van der Waals surface area contributed by atoms with Crippen molar-refractivity contribution in [2.24, 2.45) is 0 Å². The van der Waals surface area contributed by atoms with Crippen molar-refractivity contribution in [3.8, 4) is 22.3 Å². The lowest BCUT2D eigenvalue weighted by atomic mass is 9.94. The van der Waals surface area contributed by atoms with Crippen molar-refractivity contribution >= 4 is 82.1 Å². The summed E-state index contributed by atoms with van der Waals surface area (Å²) in [4.78, 5) is 2.33. The molecule has 0 radical (unpaired) electrons. The highest BCUT2D eigenvalue weighted by atomic mass is 16.3. The summed E-state index contributed by atoms with van der Waals surface area (Å²) in [6.45, 7) is 0. The van der Waals surface area contributed by atoms with Crippen LogP contribution in [0, 0.1) is 0 Å². The van der Waals surface area contributed by atoms with E-state index in [4.69, 9.17) is 4.42 Å². The summed E-state index contributed by atoms with van der Waals surface area (Å²) in [6, 6.07) is 72.2. The first-order chi connectivity index (χ1) is 26.7. The average Bonchev–Trinajstić information content (AvgIpc) is 3.63. The van der Waals surface area contributed by atoms with Gasteiger partial charge in [-0.25, -0.2) is 0 Å². The Morgan fingerprint density at radius 1 is 0.278 bits per heavy atom. The second-order valence-electron chi connectivity index (χ2n) is 14.1. The van der Waals surface area contributed by atoms with Crippen LogP contribution >= 0.6 is 0 Å². The largest absolute Gasteiger partial charge is 0.456 e. The van der Waals surface area contributed by atoms with E-state index in [-0.39, 0.29) is 0 Å². The quantitative estimate of drug-likeness (QED) is 0.168. The van der Waals surface area contributed by atoms with Crippen molar-refractivity contribution in [1.82, 2.24) is 0 Å². The van der Waals surface area contributed by atoms with Crippen LogP contribution in [0.5, 0.6) is 0 Å². The van der Waals surface area contributed by atoms with Gasteiger partial charge in [0.1, 0.15) is 11.2 Å². The van der Waals surface area contributed by atoms with Gasteiger partial charge in [0.2, 0.25) is 0 Å². The standard InChI is InChI=1S/C52H33NO/c1-2-9-34(10-3-1)39-13-8-14-43(32-39)53(44-27-29-48-50(33-44)54-49-30-24-37-12-5-7-16-46(37)52(48)49)42-25-21-35(22-26-42)40-23-28-47-41(31-40)20-19-38-18-17-36-11-4-6-15-45(36)51(38)47/h1-33H. The van der Waals surface area contributed by atoms with Crippen molar-refractivity contribution in [3.05, 3.63) is 200 Å². The van der Waals surface area contributed by atoms with Crippen LogP contribution in [0.2, 0.25) is 0 Å². The maximum atomic E-state index is 6.55. The fraction of sp³-hybridized carbons (Fsp3) is 0. The van der Waals surface area contributed by atoms with Gasteiger partial charge in [0.25, 0.3) is 0 Å². The van der Waals surface area contributed by atoms with Gasteiger partial charge in [-0.1, -0.05) is 146 Å². The number of fused-ring (bicyclic) bond motifs is 10. The van der Waals surface area contributed by atoms with Crippen LogP contribution in [0.1, 0.15) is 0 Å². The first-order valence-electron chi connectivity index (χ1n) is 18.5. The van der Waals surface area contributed by atoms with E-state index in [0.29, 0.717) is 0 Å². The topological polar surface area (TPSA) is 16.4 Å². The van der Waals surface area contributed by atoms with Crippen molar-refractivity contribution in [2.45, 2.75) is 0 Å². The zero-order chi connectivity index (χ0) is 35.6. The molecular weight excluding hydrogens is 655 g/mol. The maximum absolute atomic E-state index is 6.55. The smallest absolute Gasteiger partial charge is 0.137 e. The molecule has 0 bridgehead atoms. The van der Waals surface area contributed by atoms with Crippen molar-refractivity contribution in [2.75, 3.05) is 4.90 Å². The van der Waals surface area contributed by atoms with Crippen LogP contribution in [0.3, 0.4) is 0 Å². The molecule has 0 amide bonds. The predicted molar refractivity (Wildman–Crippen MR) is 229 cm³/mol. The first-order valence-corrected chi connectivity index (χ1v) is 18.5. The fourth-order valence-electron chi connectivity index (χ4n) is 8.39. The minimum atomic E-state index is 0.871. The summed E-state index contributed by atoms with van der Waals surface area (Å²) in [7, 11) is 0. The molecule has 54 heavy (non-hydrogen) atoms. The monoisotopic (exact) mass is 687 g/mol. The molecule has 252 valence electrons. The Morgan fingerprint density at radius 2 is 0.833 bits per heavy atom. The predicted octanol–water partition coefficient (Wildman–Crippen LogP) is 15.0. The number of furan rings is 1. The molecule has 0 unspecified atom stereocenters. The Kier molecular flexibility index (Phi) is 6.90. The third-order valence-electron chi connectivity index (χ3n) is 11.0. The minimum absolute atomic E-state index is 0.871. The second-order valence-corrected chi connectivity index (χ2v) is 14.1. The lowest BCUT2D eigenvalue weighted by molar-refractivity contribution is 0.669. The van der Waals surface area contributed by atoms with E-state index in [1.165, 1.54) is 65.3 Å². The normalized spacial score (nSPS) is 11.7. The Labute approximate surface area is 312 Å². The summed E-state index contributed by atoms with van der Waals surface area (Å²) in [6.07, 6.45) is 0. The van der Waals surface area contributed by atoms with E-state index >= 15 is 0 Å². The fourth-order valence-corrected chi connectivity index (χ4v) is 8.39. The highest BCUT2D eigenvalue weighted by Gasteiger charge is 2.18. The van der Waals surface area contributed by atoms with Crippen molar-refractivity contribution < 1.29 is 4.42 Å². The molecule has 1 heterocycles. The number of nitrogens with zero attached hydrogens (tertiary/aromatic N) is 1. The number of hydrogen-bond acceptors (Lipinski definition) is 2. The van der Waals surface area contributed by atoms with Gasteiger partial charge in [-0.15, -0.1) is 0 Å². The Balaban J connectivity index is 1.03. The third kappa shape index (κ3) is 4.96. The summed E-state index contributed by atoms with van der Waals surface area (Å²) < 4.78 is 6.55. The van der Waals surface area contributed by atoms with E-state index < -0.39 is 0 Å². The van der Waals surface area contributed by atoms with Crippen molar-refractivity contribution in [3.63, 3.8) is 0 Å². The van der Waals surface area contributed by atoms with Crippen LogP contribution < -0.4 is 4.90 Å². The molecule has 0 atom stereocenters. The summed E-state index contributed by atoms with van der Waals surface area (Å²) in [5.41, 5.74) is 9.69. The van der Waals surface area contributed by atoms with Gasteiger partial charge in [-0.05, 0) is 114 Å². The third-order valence-corrected chi connectivity index (χ3v) is 11.0. The summed E-state index contributed by atoms with van der Waals surface area (Å²) in [5.74, 6) is 0. The van der Waals surface area contributed by atoms with Crippen LogP contribution in [-0.4, -0.2) is 0 Å². The molecule has 11 aromatic rings. The lowest BCUT2D eigenvalue weighted by Crippen LogP contribution is -2.10. The first kappa shape index (κ1) is 30.5. The SMILES string of the molecule is c1ccc(-c2cccc(N(c3ccc(-c4ccc5c(ccc6ccc7ccccc7c65)c4)cc3)c3ccc4c(c3)oc3ccc5ccccc5c34)c2)cc1. The number of rotatable bonds is 5. The Bertz CT molecular complexity index is 3210. The average molecular weight is 688 g/mol. The van der Waals surface area contributed by atoms with E-state index in [1.807, 2.05) is 0 Å². The molecule has 0 fully saturated rings. The number of benzene rings is 10. The van der Waals surface area contributed by atoms with E-state index in [1.54, 1.807) is 0 Å². The van der Waals surface area contributed by atoms with E-state index in [9.17, 15) is 0 Å². The van der Waals surface area contributed by atoms with Crippen molar-refractivity contribution in [1.29, 1.82) is 0 Å². The van der Waals surface area contributed by atoms with Crippen LogP contribution in [0.15, 0.2) is 205 Å². The Morgan fingerprint density at radius 3 is 1.65 bits per heavy atom. The van der Waals surface area contributed by atoms with E-state index in [2.05, 4.69) is 205 Å². The van der Waals surface area contributed by atoms with Crippen LogP contribution in [0.25, 0.3) is 87.3 Å². The zero-order valence-electron chi connectivity index (χ0n) is 29.4. The molecule has 0 aliphatic carbocycles. The molecule has 10 aromatic carbocycles. The molecule has 11 rings (SSSR count). The van der Waals surface area contributed by atoms with Crippen LogP contribution in [0.4, 0.5) is 17.1 Å². The molecule has 0 aliphatic rings. The molecule has 0 saturated carbocycles. The maximum Gasteiger partial charge on any atom is 0.137 e. The number of anilines is 3. The molecule has 0 N–H and O–H groups in total. The molecule has 0 saturated heterocycles. The Hall–Kier alpha value is -7.16. The summed E-state index contributed by atoms with van der Waals surface area (Å²) in [5, 5.41) is 12.4. The molecule has 0 aliphatic heterocycles. The molecule has 1 aromatic heterocycles. The van der Waals surface area contributed by atoms with Gasteiger partial charge in [0, 0.05) is 33.9 Å². The molecule has 2 nitrogen and oxygen atoms in total. The molecular formula is C52H33NO. The minimum Gasteiger partial charge on any atom is -0.456 e. The van der Waals surface area contributed by atoms with Gasteiger partial charge in [-0.3, -0.25) is 0 Å². The lowest BCUT2D eigenvalue weighted by Gasteiger charge is -2.26. The zero-order valence-corrected chi connectivity index (χ0v) is 29.4. The molecule has 2 heteroatoms. The second kappa shape index (κ2) is 12.2. The van der Waals surface area contributed by atoms with Crippen LogP contribution in [-0.2, 0) is 0 Å². The van der Waals surface area contributed by atoms with Gasteiger partial charge in [0.15, 0.2) is 0 Å². The van der Waals surface area contributed by atoms with Gasteiger partial charge < -0.3 is 9.32 Å². The molecule has 0 spiro atoms. The number of hydrogen-bond donors (Lipinski definition) is 0. The van der Waals surface area contributed by atoms with Gasteiger partial charge in [-0.2, -0.15) is 0 Å². The van der Waals surface area contributed by atoms with E-state index in [0.717, 1.165) is 39.0 Å². The summed E-state index contributed by atoms with van der Waals surface area (Å²) >= 11 is 0. The highest BCUT2D eigenvalue weighted by molar-refractivity contribution is 6.21. The van der Waals surface area contributed by atoms with Gasteiger partial charge in [0.05, 0.1) is 0 Å².